The highest BCUT2D eigenvalue weighted by atomic mass is 16.5. The molecule has 0 radical (unpaired) electrons. The summed E-state index contributed by atoms with van der Waals surface area (Å²) < 4.78 is 11.5. The van der Waals surface area contributed by atoms with Crippen LogP contribution < -0.4 is 10.1 Å². The van der Waals surface area contributed by atoms with Crippen LogP contribution in [-0.2, 0) is 10.2 Å². The van der Waals surface area contributed by atoms with Gasteiger partial charge in [0, 0.05) is 23.7 Å². The number of hydrogen-bond donors (Lipinski definition) is 2. The highest BCUT2D eigenvalue weighted by Gasteiger charge is 2.23. The van der Waals surface area contributed by atoms with Gasteiger partial charge in [-0.15, -0.1) is 0 Å². The minimum Gasteiger partial charge on any atom is -0.476 e. The van der Waals surface area contributed by atoms with Crippen LogP contribution >= 0.6 is 0 Å². The highest BCUT2D eigenvalue weighted by Crippen LogP contribution is 2.32. The first-order valence-corrected chi connectivity index (χ1v) is 7.46. The lowest BCUT2D eigenvalue weighted by Gasteiger charge is -2.26. The van der Waals surface area contributed by atoms with Gasteiger partial charge in [0.2, 0.25) is 5.88 Å². The summed E-state index contributed by atoms with van der Waals surface area (Å²) in [7, 11) is 0. The molecule has 2 aromatic rings. The second kappa shape index (κ2) is 5.66. The summed E-state index contributed by atoms with van der Waals surface area (Å²) >= 11 is 0. The van der Waals surface area contributed by atoms with Gasteiger partial charge >= 0.3 is 0 Å². The van der Waals surface area contributed by atoms with Crippen LogP contribution in [0.25, 0.3) is 11.0 Å². The van der Waals surface area contributed by atoms with E-state index in [1.807, 2.05) is 12.3 Å². The molecular formula is C16H23N3O2. The number of pyridine rings is 1. The fraction of sp³-hybridized carbons (Fsp3) is 0.562. The molecule has 1 saturated heterocycles. The smallest absolute Gasteiger partial charge is 0.219 e. The molecule has 21 heavy (non-hydrogen) atoms. The predicted molar refractivity (Wildman–Crippen MR) is 82.9 cm³/mol. The number of nitrogens with one attached hydrogen (secondary N) is 2. The maximum absolute atomic E-state index is 6.01. The average molecular weight is 289 g/mol. The van der Waals surface area contributed by atoms with Crippen molar-refractivity contribution in [3.63, 3.8) is 0 Å². The third-order valence-corrected chi connectivity index (χ3v) is 3.73. The van der Waals surface area contributed by atoms with Crippen LogP contribution in [0, 0.1) is 0 Å². The van der Waals surface area contributed by atoms with Crippen molar-refractivity contribution in [3.05, 3.63) is 23.9 Å². The third kappa shape index (κ3) is 3.19. The Morgan fingerprint density at radius 3 is 3.00 bits per heavy atom. The molecule has 1 aliphatic heterocycles. The Bertz CT molecular complexity index is 609. The molecule has 1 fully saturated rings. The molecule has 1 aliphatic rings. The zero-order valence-corrected chi connectivity index (χ0v) is 12.9. The summed E-state index contributed by atoms with van der Waals surface area (Å²) in [5.74, 6) is 0.713. The van der Waals surface area contributed by atoms with Crippen molar-refractivity contribution in [2.45, 2.75) is 32.2 Å². The van der Waals surface area contributed by atoms with Crippen LogP contribution in [0.1, 0.15) is 26.3 Å². The van der Waals surface area contributed by atoms with E-state index in [4.69, 9.17) is 9.47 Å². The first kappa shape index (κ1) is 14.4. The summed E-state index contributed by atoms with van der Waals surface area (Å²) in [4.78, 5) is 7.78. The number of morpholine rings is 1. The maximum Gasteiger partial charge on any atom is 0.219 e. The summed E-state index contributed by atoms with van der Waals surface area (Å²) in [5.41, 5.74) is 1.99. The van der Waals surface area contributed by atoms with Gasteiger partial charge in [-0.3, -0.25) is 0 Å². The quantitative estimate of drug-likeness (QED) is 0.909. The first-order chi connectivity index (χ1) is 10.0. The lowest BCUT2D eigenvalue weighted by atomic mass is 9.87. The van der Waals surface area contributed by atoms with Crippen molar-refractivity contribution in [2.24, 2.45) is 0 Å². The van der Waals surface area contributed by atoms with Gasteiger partial charge in [0.25, 0.3) is 0 Å². The van der Waals surface area contributed by atoms with Crippen LogP contribution in [0.4, 0.5) is 0 Å². The zero-order chi connectivity index (χ0) is 14.9. The summed E-state index contributed by atoms with van der Waals surface area (Å²) in [6, 6.07) is 4.43. The molecule has 0 saturated carbocycles. The monoisotopic (exact) mass is 289 g/mol. The van der Waals surface area contributed by atoms with E-state index in [2.05, 4.69) is 42.1 Å². The Hall–Kier alpha value is -1.59. The number of hydrogen-bond acceptors (Lipinski definition) is 4. The van der Waals surface area contributed by atoms with Crippen molar-refractivity contribution in [1.29, 1.82) is 0 Å². The van der Waals surface area contributed by atoms with Crippen molar-refractivity contribution in [3.8, 4) is 5.88 Å². The fourth-order valence-corrected chi connectivity index (χ4v) is 2.52. The number of aromatic amines is 1. The second-order valence-electron chi connectivity index (χ2n) is 6.54. The Morgan fingerprint density at radius 2 is 2.29 bits per heavy atom. The molecule has 0 bridgehead atoms. The number of ether oxygens (including phenoxy) is 2. The van der Waals surface area contributed by atoms with E-state index in [0.29, 0.717) is 19.1 Å². The van der Waals surface area contributed by atoms with Crippen LogP contribution in [0.3, 0.4) is 0 Å². The summed E-state index contributed by atoms with van der Waals surface area (Å²) in [6.45, 7) is 9.45. The van der Waals surface area contributed by atoms with E-state index >= 15 is 0 Å². The molecule has 0 spiro atoms. The van der Waals surface area contributed by atoms with E-state index in [-0.39, 0.29) is 11.5 Å². The van der Waals surface area contributed by atoms with Gasteiger partial charge in [-0.25, -0.2) is 0 Å². The van der Waals surface area contributed by atoms with Crippen LogP contribution in [0.2, 0.25) is 0 Å². The number of rotatable bonds is 3. The molecule has 3 heterocycles. The maximum atomic E-state index is 6.01. The van der Waals surface area contributed by atoms with Gasteiger partial charge in [0.05, 0.1) is 19.3 Å². The third-order valence-electron chi connectivity index (χ3n) is 3.73. The summed E-state index contributed by atoms with van der Waals surface area (Å²) in [5, 5.41) is 4.51. The van der Waals surface area contributed by atoms with Gasteiger partial charge < -0.3 is 19.8 Å². The van der Waals surface area contributed by atoms with E-state index in [0.717, 1.165) is 29.7 Å². The normalized spacial score (nSPS) is 19.9. The molecule has 0 aliphatic carbocycles. The molecule has 1 unspecified atom stereocenters. The number of aromatic nitrogens is 2. The van der Waals surface area contributed by atoms with Crippen LogP contribution in [0.5, 0.6) is 5.88 Å². The highest BCUT2D eigenvalue weighted by molar-refractivity contribution is 5.77. The molecule has 2 aromatic heterocycles. The molecule has 0 aromatic carbocycles. The number of nitrogens with zero attached hydrogens (tertiary/aromatic N) is 1. The molecule has 1 atom stereocenters. The van der Waals surface area contributed by atoms with Crippen LogP contribution in [-0.4, -0.2) is 42.4 Å². The van der Waals surface area contributed by atoms with Crippen molar-refractivity contribution < 1.29 is 9.47 Å². The Morgan fingerprint density at radius 1 is 1.43 bits per heavy atom. The van der Waals surface area contributed by atoms with E-state index in [1.165, 1.54) is 0 Å². The van der Waals surface area contributed by atoms with E-state index < -0.39 is 0 Å². The largest absolute Gasteiger partial charge is 0.476 e. The Balaban J connectivity index is 1.84. The predicted octanol–water partition coefficient (Wildman–Crippen LogP) is 2.23. The van der Waals surface area contributed by atoms with Gasteiger partial charge in [-0.05, 0) is 17.5 Å². The summed E-state index contributed by atoms with van der Waals surface area (Å²) in [6.07, 6.45) is 1.91. The molecule has 2 N–H and O–H groups in total. The zero-order valence-electron chi connectivity index (χ0n) is 12.9. The lowest BCUT2D eigenvalue weighted by molar-refractivity contribution is 0.0582. The standard InChI is InChI=1S/C16H23N3O2/c1-16(2,3)13-8-11-4-5-18-14(11)19-15(13)21-10-12-9-20-7-6-17-12/h4-5,8,12,17H,6-7,9-10H2,1-3H3,(H,18,19). The number of fused-ring (bicyclic) bond motifs is 1. The number of H-pyrrole nitrogens is 1. The Labute approximate surface area is 125 Å². The van der Waals surface area contributed by atoms with Crippen molar-refractivity contribution in [2.75, 3.05) is 26.4 Å². The van der Waals surface area contributed by atoms with Crippen molar-refractivity contribution in [1.82, 2.24) is 15.3 Å². The minimum atomic E-state index is -0.00964. The Kier molecular flexibility index (Phi) is 3.87. The van der Waals surface area contributed by atoms with E-state index in [9.17, 15) is 0 Å². The fourth-order valence-electron chi connectivity index (χ4n) is 2.52. The minimum absolute atomic E-state index is 0.00964. The van der Waals surface area contributed by atoms with Gasteiger partial charge in [-0.1, -0.05) is 20.8 Å². The molecule has 3 rings (SSSR count). The average Bonchev–Trinajstić information content (AvgIpc) is 2.91. The van der Waals surface area contributed by atoms with Gasteiger partial charge in [0.15, 0.2) is 0 Å². The van der Waals surface area contributed by atoms with Gasteiger partial charge in [-0.2, -0.15) is 4.98 Å². The molecule has 0 amide bonds. The molecular weight excluding hydrogens is 266 g/mol. The lowest BCUT2D eigenvalue weighted by Crippen LogP contribution is -2.45. The van der Waals surface area contributed by atoms with Gasteiger partial charge in [0.1, 0.15) is 12.3 Å². The first-order valence-electron chi connectivity index (χ1n) is 7.46. The SMILES string of the molecule is CC(C)(C)c1cc2cc[nH]c2nc1OCC1COCCN1. The van der Waals surface area contributed by atoms with E-state index in [1.54, 1.807) is 0 Å². The van der Waals surface area contributed by atoms with Crippen LogP contribution in [0.15, 0.2) is 18.3 Å². The topological polar surface area (TPSA) is 59.2 Å². The molecule has 114 valence electrons. The second-order valence-corrected chi connectivity index (χ2v) is 6.54. The van der Waals surface area contributed by atoms with Crippen molar-refractivity contribution >= 4 is 11.0 Å². The molecule has 5 heteroatoms. The molecule has 5 nitrogen and oxygen atoms in total.